The van der Waals surface area contributed by atoms with Gasteiger partial charge in [-0.05, 0) is 30.3 Å². The average Bonchev–Trinajstić information content (AvgIpc) is 2.41. The molecule has 8 heteroatoms. The van der Waals surface area contributed by atoms with Crippen molar-refractivity contribution in [2.75, 3.05) is 4.72 Å². The maximum absolute atomic E-state index is 13.1. The van der Waals surface area contributed by atoms with Crippen LogP contribution in [-0.2, 0) is 10.0 Å². The molecule has 2 rings (SSSR count). The first-order chi connectivity index (χ1) is 9.79. The Hall–Kier alpha value is -2.06. The summed E-state index contributed by atoms with van der Waals surface area (Å²) in [4.78, 5) is -0.272. The minimum absolute atomic E-state index is 0.115. The van der Waals surface area contributed by atoms with E-state index in [1.165, 1.54) is 12.1 Å². The number of nitrogens with two attached hydrogens (primary N) is 1. The van der Waals surface area contributed by atoms with Crippen LogP contribution in [0.25, 0.3) is 0 Å². The fraction of sp³-hybridized carbons (Fsp3) is 0. The molecule has 0 aliphatic rings. The Morgan fingerprint density at radius 2 is 1.81 bits per heavy atom. The number of nitrogens with one attached hydrogen (secondary N) is 1. The Labute approximate surface area is 125 Å². The predicted molar refractivity (Wildman–Crippen MR) is 79.5 cm³/mol. The Morgan fingerprint density at radius 3 is 2.43 bits per heavy atom. The number of hydrogen-bond donors (Lipinski definition) is 2. The van der Waals surface area contributed by atoms with E-state index < -0.39 is 21.7 Å². The quantitative estimate of drug-likeness (QED) is 0.846. The third kappa shape index (κ3) is 3.53. The molecule has 0 radical (unpaired) electrons. The Morgan fingerprint density at radius 1 is 1.10 bits per heavy atom. The van der Waals surface area contributed by atoms with E-state index in [0.717, 1.165) is 12.1 Å². The average molecular weight is 328 g/mol. The molecule has 2 aromatic carbocycles. The molecule has 0 bridgehead atoms. The monoisotopic (exact) mass is 328 g/mol. The third-order valence-corrected chi connectivity index (χ3v) is 4.22. The van der Waals surface area contributed by atoms with E-state index in [2.05, 4.69) is 4.72 Å². The maximum atomic E-state index is 13.1. The van der Waals surface area contributed by atoms with Gasteiger partial charge in [0.2, 0.25) is 0 Å². The molecule has 0 saturated carbocycles. The van der Waals surface area contributed by atoms with Gasteiger partial charge in [0.25, 0.3) is 10.0 Å². The summed E-state index contributed by atoms with van der Waals surface area (Å²) in [6, 6.07) is 8.44. The van der Waals surface area contributed by atoms with Gasteiger partial charge in [-0.3, -0.25) is 4.72 Å². The van der Waals surface area contributed by atoms with E-state index in [1.54, 1.807) is 12.1 Å². The molecule has 0 heterocycles. The summed E-state index contributed by atoms with van der Waals surface area (Å²) in [6.07, 6.45) is 0. The Kier molecular flexibility index (Phi) is 4.19. The van der Waals surface area contributed by atoms with Crippen molar-refractivity contribution in [3.63, 3.8) is 0 Å². The molecule has 4 nitrogen and oxygen atoms in total. The molecule has 0 amide bonds. The predicted octanol–water partition coefficient (Wildman–Crippen LogP) is 2.40. The summed E-state index contributed by atoms with van der Waals surface area (Å²) in [5.41, 5.74) is 6.15. The Balaban J connectivity index is 2.35. The van der Waals surface area contributed by atoms with E-state index in [0.29, 0.717) is 11.6 Å². The van der Waals surface area contributed by atoms with Gasteiger partial charge in [-0.1, -0.05) is 24.4 Å². The van der Waals surface area contributed by atoms with Crippen molar-refractivity contribution in [2.24, 2.45) is 5.73 Å². The van der Waals surface area contributed by atoms with Gasteiger partial charge in [-0.25, -0.2) is 17.2 Å². The fourth-order valence-corrected chi connectivity index (χ4v) is 2.78. The van der Waals surface area contributed by atoms with Crippen molar-refractivity contribution < 1.29 is 17.2 Å². The molecule has 2 aromatic rings. The van der Waals surface area contributed by atoms with Gasteiger partial charge in [-0.2, -0.15) is 0 Å². The van der Waals surface area contributed by atoms with Crippen molar-refractivity contribution >= 4 is 32.9 Å². The Bertz CT molecular complexity index is 808. The molecule has 3 N–H and O–H groups in total. The zero-order valence-corrected chi connectivity index (χ0v) is 12.1. The second kappa shape index (κ2) is 5.74. The minimum atomic E-state index is -4.04. The zero-order chi connectivity index (χ0) is 15.6. The minimum Gasteiger partial charge on any atom is -0.389 e. The van der Waals surface area contributed by atoms with E-state index in [1.807, 2.05) is 0 Å². The third-order valence-electron chi connectivity index (χ3n) is 2.60. The van der Waals surface area contributed by atoms with Crippen molar-refractivity contribution in [2.45, 2.75) is 4.90 Å². The molecule has 0 aliphatic heterocycles. The van der Waals surface area contributed by atoms with E-state index in [-0.39, 0.29) is 15.6 Å². The first kappa shape index (κ1) is 15.3. The molecule has 0 fully saturated rings. The number of halogens is 2. The number of benzene rings is 2. The van der Waals surface area contributed by atoms with Crippen LogP contribution >= 0.6 is 12.2 Å². The molecular weight excluding hydrogens is 318 g/mol. The van der Waals surface area contributed by atoms with Crippen LogP contribution in [-0.4, -0.2) is 13.4 Å². The second-order valence-electron chi connectivity index (χ2n) is 4.13. The van der Waals surface area contributed by atoms with Crippen molar-refractivity contribution in [3.8, 4) is 0 Å². The number of anilines is 1. The lowest BCUT2D eigenvalue weighted by atomic mass is 10.2. The number of hydrogen-bond acceptors (Lipinski definition) is 3. The fourth-order valence-electron chi connectivity index (χ4n) is 1.59. The van der Waals surface area contributed by atoms with Gasteiger partial charge < -0.3 is 5.73 Å². The lowest BCUT2D eigenvalue weighted by molar-refractivity contribution is 0.504. The summed E-state index contributed by atoms with van der Waals surface area (Å²) >= 11 is 4.80. The molecular formula is C13H10F2N2O2S2. The van der Waals surface area contributed by atoms with Crippen LogP contribution in [0, 0.1) is 11.6 Å². The highest BCUT2D eigenvalue weighted by Crippen LogP contribution is 2.19. The van der Waals surface area contributed by atoms with Crippen molar-refractivity contribution in [1.82, 2.24) is 0 Å². The van der Waals surface area contributed by atoms with Gasteiger partial charge in [0, 0.05) is 11.3 Å². The number of sulfonamides is 1. The summed E-state index contributed by atoms with van der Waals surface area (Å²) in [7, 11) is -4.04. The molecule has 0 atom stereocenters. The van der Waals surface area contributed by atoms with Crippen LogP contribution in [0.4, 0.5) is 14.5 Å². The summed E-state index contributed by atoms with van der Waals surface area (Å²) in [5, 5.41) is 0. The largest absolute Gasteiger partial charge is 0.389 e. The van der Waals surface area contributed by atoms with Gasteiger partial charge in [-0.15, -0.1) is 0 Å². The highest BCUT2D eigenvalue weighted by Gasteiger charge is 2.16. The lowest BCUT2D eigenvalue weighted by Gasteiger charge is -2.09. The smallest absolute Gasteiger partial charge is 0.261 e. The molecule has 110 valence electrons. The van der Waals surface area contributed by atoms with E-state index in [9.17, 15) is 17.2 Å². The summed E-state index contributed by atoms with van der Waals surface area (Å²) < 4.78 is 52.4. The maximum Gasteiger partial charge on any atom is 0.261 e. The molecule has 21 heavy (non-hydrogen) atoms. The molecule has 0 aliphatic carbocycles. The van der Waals surface area contributed by atoms with Crippen LogP contribution in [0.15, 0.2) is 47.4 Å². The molecule has 0 spiro atoms. The van der Waals surface area contributed by atoms with Crippen molar-refractivity contribution in [3.05, 3.63) is 59.7 Å². The van der Waals surface area contributed by atoms with Crippen LogP contribution in [0.5, 0.6) is 0 Å². The van der Waals surface area contributed by atoms with Crippen LogP contribution < -0.4 is 10.5 Å². The second-order valence-corrected chi connectivity index (χ2v) is 6.25. The number of rotatable bonds is 4. The van der Waals surface area contributed by atoms with Gasteiger partial charge in [0.05, 0.1) is 4.90 Å². The molecule has 0 saturated heterocycles. The van der Waals surface area contributed by atoms with Crippen LogP contribution in [0.1, 0.15) is 5.56 Å². The normalized spacial score (nSPS) is 11.1. The summed E-state index contributed by atoms with van der Waals surface area (Å²) in [5.74, 6) is -2.36. The highest BCUT2D eigenvalue weighted by atomic mass is 32.2. The first-order valence-corrected chi connectivity index (χ1v) is 7.56. The van der Waals surface area contributed by atoms with Crippen molar-refractivity contribution in [1.29, 1.82) is 0 Å². The molecule has 0 aromatic heterocycles. The molecule has 0 unspecified atom stereocenters. The zero-order valence-electron chi connectivity index (χ0n) is 10.5. The standard InChI is InChI=1S/C13H10F2N2O2S2/c14-11-5-4-10(7-12(11)15)21(18,19)17-9-3-1-2-8(6-9)13(16)20/h1-7,17H,(H2,16,20). The summed E-state index contributed by atoms with van der Waals surface area (Å²) in [6.45, 7) is 0. The first-order valence-electron chi connectivity index (χ1n) is 5.67. The van der Waals surface area contributed by atoms with E-state index in [4.69, 9.17) is 18.0 Å². The SMILES string of the molecule is NC(=S)c1cccc(NS(=O)(=O)c2ccc(F)c(F)c2)c1. The highest BCUT2D eigenvalue weighted by molar-refractivity contribution is 7.92. The van der Waals surface area contributed by atoms with Crippen LogP contribution in [0.2, 0.25) is 0 Å². The van der Waals surface area contributed by atoms with Gasteiger partial charge >= 0.3 is 0 Å². The van der Waals surface area contributed by atoms with Gasteiger partial charge in [0.15, 0.2) is 11.6 Å². The lowest BCUT2D eigenvalue weighted by Crippen LogP contribution is -2.15. The van der Waals surface area contributed by atoms with Gasteiger partial charge in [0.1, 0.15) is 4.99 Å². The van der Waals surface area contributed by atoms with Crippen LogP contribution in [0.3, 0.4) is 0 Å². The topological polar surface area (TPSA) is 72.2 Å². The van der Waals surface area contributed by atoms with E-state index >= 15 is 0 Å². The number of thiocarbonyl (C=S) groups is 1.